The molecule has 0 amide bonds. The maximum atomic E-state index is 5.57. The molecule has 8 heteroatoms. The van der Waals surface area contributed by atoms with Gasteiger partial charge in [0.05, 0.1) is 5.25 Å². The summed E-state index contributed by atoms with van der Waals surface area (Å²) in [5.74, 6) is 3.97. The van der Waals surface area contributed by atoms with E-state index in [0.717, 1.165) is 18.0 Å². The third-order valence-corrected chi connectivity index (χ3v) is 6.22. The van der Waals surface area contributed by atoms with Gasteiger partial charge >= 0.3 is 0 Å². The normalized spacial score (nSPS) is 23.6. The predicted octanol–water partition coefficient (Wildman–Crippen LogP) is 2.34. The lowest BCUT2D eigenvalue weighted by atomic mass is 10.2. The van der Waals surface area contributed by atoms with Gasteiger partial charge < -0.3 is 10.3 Å². The summed E-state index contributed by atoms with van der Waals surface area (Å²) in [7, 11) is 0. The average Bonchev–Trinajstić information content (AvgIpc) is 3.07. The molecule has 3 heterocycles. The molecule has 3 N–H and O–H groups in total. The minimum absolute atomic E-state index is 0.307. The zero-order chi connectivity index (χ0) is 13.2. The molecule has 0 bridgehead atoms. The van der Waals surface area contributed by atoms with Crippen LogP contribution in [-0.4, -0.2) is 37.1 Å². The molecular weight excluding hydrogens is 282 g/mol. The van der Waals surface area contributed by atoms with Crippen molar-refractivity contribution < 1.29 is 4.52 Å². The van der Waals surface area contributed by atoms with Crippen LogP contribution in [0.5, 0.6) is 0 Å². The van der Waals surface area contributed by atoms with Gasteiger partial charge in [-0.2, -0.15) is 21.8 Å². The molecule has 0 aromatic carbocycles. The lowest BCUT2D eigenvalue weighted by molar-refractivity contribution is 0.420. The van der Waals surface area contributed by atoms with E-state index in [1.165, 1.54) is 5.75 Å². The monoisotopic (exact) mass is 297 g/mol. The molecule has 3 rings (SSSR count). The SMILES string of the molecule is CCC1SCCSC1c1noc(-c2cc(N)n[nH]2)n1. The maximum Gasteiger partial charge on any atom is 0.276 e. The van der Waals surface area contributed by atoms with Gasteiger partial charge in [0.15, 0.2) is 5.82 Å². The first-order chi connectivity index (χ1) is 9.28. The molecule has 19 heavy (non-hydrogen) atoms. The van der Waals surface area contributed by atoms with Crippen LogP contribution in [0.15, 0.2) is 10.6 Å². The zero-order valence-electron chi connectivity index (χ0n) is 10.5. The van der Waals surface area contributed by atoms with Crippen molar-refractivity contribution in [2.24, 2.45) is 0 Å². The van der Waals surface area contributed by atoms with Crippen LogP contribution in [0.4, 0.5) is 5.82 Å². The quantitative estimate of drug-likeness (QED) is 0.898. The van der Waals surface area contributed by atoms with Crippen LogP contribution in [0.25, 0.3) is 11.6 Å². The summed E-state index contributed by atoms with van der Waals surface area (Å²) in [5, 5.41) is 11.6. The number of nitrogens with two attached hydrogens (primary N) is 1. The smallest absolute Gasteiger partial charge is 0.276 e. The first-order valence-electron chi connectivity index (χ1n) is 6.16. The standard InChI is InChI=1S/C11H15N5OS2/c1-2-7-9(19-4-3-18-7)10-13-11(17-16-10)6-5-8(12)15-14-6/h5,7,9H,2-4H2,1H3,(H3,12,14,15). The van der Waals surface area contributed by atoms with Gasteiger partial charge in [0.2, 0.25) is 0 Å². The first kappa shape index (κ1) is 12.9. The number of aromatic nitrogens is 4. The van der Waals surface area contributed by atoms with Gasteiger partial charge in [0.25, 0.3) is 5.89 Å². The largest absolute Gasteiger partial charge is 0.382 e. The minimum atomic E-state index is 0.307. The summed E-state index contributed by atoms with van der Waals surface area (Å²) in [6.45, 7) is 2.20. The van der Waals surface area contributed by atoms with Crippen molar-refractivity contribution in [2.45, 2.75) is 23.8 Å². The molecule has 2 unspecified atom stereocenters. The van der Waals surface area contributed by atoms with Crippen LogP contribution in [0.2, 0.25) is 0 Å². The molecule has 6 nitrogen and oxygen atoms in total. The average molecular weight is 297 g/mol. The van der Waals surface area contributed by atoms with Crippen molar-refractivity contribution in [3.63, 3.8) is 0 Å². The summed E-state index contributed by atoms with van der Waals surface area (Å²) < 4.78 is 5.30. The molecular formula is C11H15N5OS2. The predicted molar refractivity (Wildman–Crippen MR) is 78.0 cm³/mol. The van der Waals surface area contributed by atoms with E-state index in [1.54, 1.807) is 6.07 Å². The number of nitrogens with one attached hydrogen (secondary N) is 1. The fourth-order valence-electron chi connectivity index (χ4n) is 2.05. The topological polar surface area (TPSA) is 93.6 Å². The third kappa shape index (κ3) is 2.59. The van der Waals surface area contributed by atoms with Crippen molar-refractivity contribution in [2.75, 3.05) is 17.2 Å². The number of H-pyrrole nitrogens is 1. The summed E-state index contributed by atoms with van der Waals surface area (Å²) >= 11 is 3.90. The lowest BCUT2D eigenvalue weighted by Crippen LogP contribution is -2.19. The van der Waals surface area contributed by atoms with Crippen LogP contribution in [-0.2, 0) is 0 Å². The number of anilines is 1. The highest BCUT2D eigenvalue weighted by Gasteiger charge is 2.30. The zero-order valence-corrected chi connectivity index (χ0v) is 12.1. The summed E-state index contributed by atoms with van der Waals surface area (Å²) in [6.07, 6.45) is 1.11. The molecule has 0 aliphatic carbocycles. The van der Waals surface area contributed by atoms with Crippen LogP contribution < -0.4 is 5.73 Å². The van der Waals surface area contributed by atoms with Gasteiger partial charge in [-0.25, -0.2) is 0 Å². The molecule has 0 spiro atoms. The van der Waals surface area contributed by atoms with Crippen LogP contribution >= 0.6 is 23.5 Å². The van der Waals surface area contributed by atoms with E-state index in [-0.39, 0.29) is 0 Å². The van der Waals surface area contributed by atoms with E-state index in [2.05, 4.69) is 27.3 Å². The van der Waals surface area contributed by atoms with Crippen molar-refractivity contribution in [3.8, 4) is 11.6 Å². The van der Waals surface area contributed by atoms with Gasteiger partial charge in [-0.05, 0) is 6.42 Å². The summed E-state index contributed by atoms with van der Waals surface area (Å²) in [5.41, 5.74) is 6.23. The number of nitrogens with zero attached hydrogens (tertiary/aromatic N) is 3. The first-order valence-corrected chi connectivity index (χ1v) is 8.25. The molecule has 2 aromatic heterocycles. The molecule has 2 atom stereocenters. The van der Waals surface area contributed by atoms with E-state index in [9.17, 15) is 0 Å². The van der Waals surface area contributed by atoms with Gasteiger partial charge in [0, 0.05) is 22.8 Å². The molecule has 2 aromatic rings. The Balaban J connectivity index is 1.84. The molecule has 1 aliphatic rings. The Hall–Kier alpha value is -1.15. The second-order valence-electron chi connectivity index (χ2n) is 4.27. The highest BCUT2D eigenvalue weighted by Crippen LogP contribution is 2.43. The van der Waals surface area contributed by atoms with Crippen molar-refractivity contribution >= 4 is 29.3 Å². The minimum Gasteiger partial charge on any atom is -0.382 e. The van der Waals surface area contributed by atoms with Crippen molar-refractivity contribution in [3.05, 3.63) is 11.9 Å². The van der Waals surface area contributed by atoms with Crippen molar-refractivity contribution in [1.29, 1.82) is 0 Å². The van der Waals surface area contributed by atoms with Crippen molar-refractivity contribution in [1.82, 2.24) is 20.3 Å². The Labute approximate surface area is 119 Å². The molecule has 0 radical (unpaired) electrons. The van der Waals surface area contributed by atoms with E-state index < -0.39 is 0 Å². The fourth-order valence-corrected chi connectivity index (χ4v) is 5.03. The Morgan fingerprint density at radius 2 is 2.32 bits per heavy atom. The Morgan fingerprint density at radius 3 is 3.05 bits per heavy atom. The highest BCUT2D eigenvalue weighted by atomic mass is 32.2. The Bertz CT molecular complexity index is 555. The highest BCUT2D eigenvalue weighted by molar-refractivity contribution is 8.06. The van der Waals surface area contributed by atoms with Gasteiger partial charge in [-0.3, -0.25) is 5.10 Å². The molecule has 1 aliphatic heterocycles. The number of nitrogen functional groups attached to an aromatic ring is 1. The maximum absolute atomic E-state index is 5.57. The molecule has 102 valence electrons. The number of hydrogen-bond donors (Lipinski definition) is 2. The fraction of sp³-hybridized carbons (Fsp3) is 0.545. The molecule has 1 fully saturated rings. The van der Waals surface area contributed by atoms with Gasteiger partial charge in [-0.15, -0.1) is 11.8 Å². The van der Waals surface area contributed by atoms with Gasteiger partial charge in [-0.1, -0.05) is 12.1 Å². The third-order valence-electron chi connectivity index (χ3n) is 2.98. The number of aromatic amines is 1. The second kappa shape index (κ2) is 5.46. The lowest BCUT2D eigenvalue weighted by Gasteiger charge is -2.27. The van der Waals surface area contributed by atoms with Crippen LogP contribution in [0.3, 0.4) is 0 Å². The second-order valence-corrected chi connectivity index (χ2v) is 6.87. The number of rotatable bonds is 3. The number of hydrogen-bond acceptors (Lipinski definition) is 7. The van der Waals surface area contributed by atoms with Crippen LogP contribution in [0.1, 0.15) is 24.4 Å². The Morgan fingerprint density at radius 1 is 1.47 bits per heavy atom. The van der Waals surface area contributed by atoms with Gasteiger partial charge in [0.1, 0.15) is 11.5 Å². The number of thioether (sulfide) groups is 2. The van der Waals surface area contributed by atoms with E-state index in [0.29, 0.717) is 27.9 Å². The Kier molecular flexibility index (Phi) is 3.69. The molecule has 1 saturated heterocycles. The van der Waals surface area contributed by atoms with E-state index in [1.807, 2.05) is 23.5 Å². The summed E-state index contributed by atoms with van der Waals surface area (Å²) in [6, 6.07) is 1.69. The van der Waals surface area contributed by atoms with Crippen LogP contribution in [0, 0.1) is 0 Å². The molecule has 0 saturated carbocycles. The van der Waals surface area contributed by atoms with E-state index >= 15 is 0 Å². The van der Waals surface area contributed by atoms with E-state index in [4.69, 9.17) is 10.3 Å². The summed E-state index contributed by atoms with van der Waals surface area (Å²) in [4.78, 5) is 4.48.